The zero-order chi connectivity index (χ0) is 11.0. The van der Waals surface area contributed by atoms with Gasteiger partial charge in [0, 0.05) is 48.6 Å². The molecule has 0 aliphatic carbocycles. The Balaban J connectivity index is 1.77. The summed E-state index contributed by atoms with van der Waals surface area (Å²) in [5.74, 6) is 0. The van der Waals surface area contributed by atoms with Gasteiger partial charge in [-0.25, -0.2) is 9.67 Å². The minimum absolute atomic E-state index is 0.0553. The Kier molecular flexibility index (Phi) is 2.88. The van der Waals surface area contributed by atoms with E-state index >= 15 is 0 Å². The summed E-state index contributed by atoms with van der Waals surface area (Å²) >= 11 is 2.14. The van der Waals surface area contributed by atoms with Gasteiger partial charge in [0.2, 0.25) is 3.83 Å². The van der Waals surface area contributed by atoms with E-state index in [1.807, 2.05) is 11.0 Å². The maximum absolute atomic E-state index is 5.90. The maximum Gasteiger partial charge on any atom is 0.211 e. The Morgan fingerprint density at radius 3 is 3.12 bits per heavy atom. The fourth-order valence-corrected chi connectivity index (χ4v) is 2.89. The molecule has 0 amide bonds. The van der Waals surface area contributed by atoms with Gasteiger partial charge in [-0.15, -0.1) is 5.10 Å². The first-order valence-electron chi connectivity index (χ1n) is 5.56. The van der Waals surface area contributed by atoms with Crippen LogP contribution in [0.4, 0.5) is 0 Å². The third-order valence-electron chi connectivity index (χ3n) is 3.39. The molecule has 3 rings (SSSR count). The summed E-state index contributed by atoms with van der Waals surface area (Å²) in [5, 5.41) is 4.38. The molecule has 0 saturated carbocycles. The lowest BCUT2D eigenvalue weighted by Crippen LogP contribution is -2.41. The molecular formula is C10H14IN3O2. The molecule has 2 aliphatic heterocycles. The Hall–Kier alpha value is -0.210. The van der Waals surface area contributed by atoms with Crippen LogP contribution in [0.15, 0.2) is 6.33 Å². The zero-order valence-electron chi connectivity index (χ0n) is 8.93. The van der Waals surface area contributed by atoms with E-state index < -0.39 is 0 Å². The summed E-state index contributed by atoms with van der Waals surface area (Å²) in [7, 11) is 0. The summed E-state index contributed by atoms with van der Waals surface area (Å²) in [4.78, 5) is 4.17. The van der Waals surface area contributed by atoms with Crippen molar-refractivity contribution in [2.24, 2.45) is 0 Å². The highest BCUT2D eigenvalue weighted by atomic mass is 127. The largest absolute Gasteiger partial charge is 0.378 e. The molecule has 1 spiro atoms. The second kappa shape index (κ2) is 4.23. The van der Waals surface area contributed by atoms with Crippen LogP contribution in [0.5, 0.6) is 0 Å². The van der Waals surface area contributed by atoms with Crippen LogP contribution in [0.25, 0.3) is 0 Å². The van der Waals surface area contributed by atoms with Crippen molar-refractivity contribution in [2.75, 3.05) is 19.8 Å². The molecule has 1 aromatic heterocycles. The lowest BCUT2D eigenvalue weighted by molar-refractivity contribution is -0.0963. The summed E-state index contributed by atoms with van der Waals surface area (Å²) < 4.78 is 14.1. The van der Waals surface area contributed by atoms with Gasteiger partial charge in [-0.2, -0.15) is 0 Å². The number of nitrogens with zero attached hydrogens (tertiary/aromatic N) is 3. The molecule has 2 atom stereocenters. The van der Waals surface area contributed by atoms with Gasteiger partial charge in [-0.05, 0) is 6.42 Å². The molecule has 5 nitrogen and oxygen atoms in total. The number of aromatic nitrogens is 3. The second-order valence-electron chi connectivity index (χ2n) is 4.47. The Morgan fingerprint density at radius 1 is 1.50 bits per heavy atom. The number of hydrogen-bond acceptors (Lipinski definition) is 4. The van der Waals surface area contributed by atoms with Crippen LogP contribution in [0.2, 0.25) is 0 Å². The van der Waals surface area contributed by atoms with Crippen molar-refractivity contribution in [3.05, 3.63) is 10.2 Å². The minimum Gasteiger partial charge on any atom is -0.378 e. The Bertz CT molecular complexity index is 376. The first kappa shape index (κ1) is 10.9. The van der Waals surface area contributed by atoms with Crippen molar-refractivity contribution in [1.29, 1.82) is 0 Å². The second-order valence-corrected chi connectivity index (χ2v) is 5.44. The van der Waals surface area contributed by atoms with E-state index in [2.05, 4.69) is 32.7 Å². The van der Waals surface area contributed by atoms with Gasteiger partial charge in [-0.1, -0.05) is 0 Å². The van der Waals surface area contributed by atoms with Gasteiger partial charge < -0.3 is 9.47 Å². The predicted molar refractivity (Wildman–Crippen MR) is 65.1 cm³/mol. The number of ether oxygens (including phenoxy) is 2. The zero-order valence-corrected chi connectivity index (χ0v) is 11.1. The van der Waals surface area contributed by atoms with Crippen LogP contribution in [0, 0.1) is 3.83 Å². The number of halogens is 1. The average Bonchev–Trinajstić information content (AvgIpc) is 2.89. The minimum atomic E-state index is -0.0553. The highest BCUT2D eigenvalue weighted by Crippen LogP contribution is 2.37. The molecule has 88 valence electrons. The first-order valence-corrected chi connectivity index (χ1v) is 6.64. The van der Waals surface area contributed by atoms with E-state index in [1.165, 1.54) is 0 Å². The molecule has 2 aliphatic rings. The maximum atomic E-state index is 5.90. The molecule has 0 radical (unpaired) electrons. The smallest absolute Gasteiger partial charge is 0.211 e. The first-order chi connectivity index (χ1) is 7.77. The van der Waals surface area contributed by atoms with E-state index in [1.54, 1.807) is 0 Å². The SMILES string of the molecule is Ic1ncn(C2CCOC3(CCOC3)C2)n1. The lowest BCUT2D eigenvalue weighted by Gasteiger charge is -2.36. The van der Waals surface area contributed by atoms with Crippen molar-refractivity contribution in [3.63, 3.8) is 0 Å². The fraction of sp³-hybridized carbons (Fsp3) is 0.800. The predicted octanol–water partition coefficient (Wildman–Crippen LogP) is 1.39. The van der Waals surface area contributed by atoms with Crippen LogP contribution in [0.1, 0.15) is 25.3 Å². The van der Waals surface area contributed by atoms with Crippen molar-refractivity contribution >= 4 is 22.6 Å². The third-order valence-corrected chi connectivity index (χ3v) is 3.88. The van der Waals surface area contributed by atoms with Crippen molar-refractivity contribution in [1.82, 2.24) is 14.8 Å². The third kappa shape index (κ3) is 1.98. The van der Waals surface area contributed by atoms with Gasteiger partial charge in [0.15, 0.2) is 0 Å². The van der Waals surface area contributed by atoms with Crippen LogP contribution >= 0.6 is 22.6 Å². The Labute approximate surface area is 108 Å². The number of hydrogen-bond donors (Lipinski definition) is 0. The van der Waals surface area contributed by atoms with Crippen LogP contribution in [-0.4, -0.2) is 40.2 Å². The molecule has 6 heteroatoms. The van der Waals surface area contributed by atoms with Gasteiger partial charge in [-0.3, -0.25) is 0 Å². The summed E-state index contributed by atoms with van der Waals surface area (Å²) in [6.45, 7) is 2.35. The average molecular weight is 335 g/mol. The van der Waals surface area contributed by atoms with Crippen molar-refractivity contribution < 1.29 is 9.47 Å². The molecule has 2 saturated heterocycles. The van der Waals surface area contributed by atoms with Gasteiger partial charge >= 0.3 is 0 Å². The van der Waals surface area contributed by atoms with E-state index in [-0.39, 0.29) is 5.60 Å². The topological polar surface area (TPSA) is 49.2 Å². The standard InChI is InChI=1S/C10H14IN3O2/c11-9-12-7-14(13-9)8-1-3-16-10(5-8)2-4-15-6-10/h7-8H,1-6H2. The molecule has 16 heavy (non-hydrogen) atoms. The number of rotatable bonds is 1. The molecule has 1 aromatic rings. The van der Waals surface area contributed by atoms with Gasteiger partial charge in [0.25, 0.3) is 0 Å². The van der Waals surface area contributed by atoms with E-state index in [4.69, 9.17) is 9.47 Å². The van der Waals surface area contributed by atoms with Gasteiger partial charge in [0.1, 0.15) is 6.33 Å². The van der Waals surface area contributed by atoms with Crippen LogP contribution in [-0.2, 0) is 9.47 Å². The summed E-state index contributed by atoms with van der Waals surface area (Å²) in [5.41, 5.74) is -0.0553. The van der Waals surface area contributed by atoms with E-state index in [9.17, 15) is 0 Å². The van der Waals surface area contributed by atoms with E-state index in [0.717, 1.165) is 42.9 Å². The monoisotopic (exact) mass is 335 g/mol. The highest BCUT2D eigenvalue weighted by molar-refractivity contribution is 14.1. The molecule has 0 aromatic carbocycles. The van der Waals surface area contributed by atoms with Crippen molar-refractivity contribution in [3.8, 4) is 0 Å². The highest BCUT2D eigenvalue weighted by Gasteiger charge is 2.41. The van der Waals surface area contributed by atoms with E-state index in [0.29, 0.717) is 6.04 Å². The fourth-order valence-electron chi connectivity index (χ4n) is 2.52. The molecular weight excluding hydrogens is 321 g/mol. The quantitative estimate of drug-likeness (QED) is 0.728. The molecule has 2 unspecified atom stereocenters. The molecule has 3 heterocycles. The van der Waals surface area contributed by atoms with Gasteiger partial charge in [0.05, 0.1) is 18.2 Å². The molecule has 0 N–H and O–H groups in total. The van der Waals surface area contributed by atoms with Crippen LogP contribution < -0.4 is 0 Å². The molecule has 2 fully saturated rings. The summed E-state index contributed by atoms with van der Waals surface area (Å²) in [6.07, 6.45) is 4.84. The normalized spacial score (nSPS) is 34.7. The van der Waals surface area contributed by atoms with Crippen molar-refractivity contribution in [2.45, 2.75) is 30.9 Å². The summed E-state index contributed by atoms with van der Waals surface area (Å²) in [6, 6.07) is 0.409. The lowest BCUT2D eigenvalue weighted by atomic mass is 9.90. The molecule has 0 bridgehead atoms. The van der Waals surface area contributed by atoms with Crippen LogP contribution in [0.3, 0.4) is 0 Å². The Morgan fingerprint density at radius 2 is 2.44 bits per heavy atom.